The molecular weight excluding hydrogens is 334 g/mol. The molecule has 3 rings (SSSR count). The van der Waals surface area contributed by atoms with Crippen molar-refractivity contribution >= 4 is 17.5 Å². The van der Waals surface area contributed by atoms with E-state index in [9.17, 15) is 4.79 Å². The lowest BCUT2D eigenvalue weighted by molar-refractivity contribution is 0.0827. The van der Waals surface area contributed by atoms with E-state index in [2.05, 4.69) is 22.3 Å². The molecule has 132 valence electrons. The fourth-order valence-electron chi connectivity index (χ4n) is 3.27. The molecule has 4 nitrogen and oxygen atoms in total. The normalized spacial score (nSPS) is 18.1. The number of hydrogen-bond acceptors (Lipinski definition) is 3. The molecule has 0 aliphatic carbocycles. The highest BCUT2D eigenvalue weighted by molar-refractivity contribution is 6.30. The minimum atomic E-state index is 0.0357. The molecule has 0 aromatic heterocycles. The van der Waals surface area contributed by atoms with Crippen molar-refractivity contribution in [2.45, 2.75) is 12.6 Å². The number of carbonyl (C=O) groups is 1. The van der Waals surface area contributed by atoms with E-state index in [4.69, 9.17) is 11.6 Å². The van der Waals surface area contributed by atoms with E-state index in [1.54, 1.807) is 19.0 Å². The van der Waals surface area contributed by atoms with E-state index in [1.807, 2.05) is 36.4 Å². The summed E-state index contributed by atoms with van der Waals surface area (Å²) >= 11 is 6.18. The van der Waals surface area contributed by atoms with Gasteiger partial charge in [0.1, 0.15) is 0 Å². The van der Waals surface area contributed by atoms with E-state index < -0.39 is 0 Å². The van der Waals surface area contributed by atoms with Gasteiger partial charge in [0, 0.05) is 56.9 Å². The number of carbonyl (C=O) groups excluding carboxylic acids is 1. The van der Waals surface area contributed by atoms with Crippen molar-refractivity contribution in [3.63, 3.8) is 0 Å². The van der Waals surface area contributed by atoms with Crippen LogP contribution in [0.25, 0.3) is 0 Å². The number of hydrogen-bond donors (Lipinski definition) is 1. The van der Waals surface area contributed by atoms with Crippen molar-refractivity contribution in [1.82, 2.24) is 15.1 Å². The van der Waals surface area contributed by atoms with Gasteiger partial charge in [-0.1, -0.05) is 35.9 Å². The van der Waals surface area contributed by atoms with E-state index in [1.165, 1.54) is 5.56 Å². The second-order valence-electron chi connectivity index (χ2n) is 6.65. The van der Waals surface area contributed by atoms with Gasteiger partial charge >= 0.3 is 0 Å². The molecular formula is C20H24ClN3O. The van der Waals surface area contributed by atoms with Crippen LogP contribution in [0.5, 0.6) is 0 Å². The summed E-state index contributed by atoms with van der Waals surface area (Å²) in [7, 11) is 3.56. The Hall–Kier alpha value is -1.88. The quantitative estimate of drug-likeness (QED) is 0.912. The van der Waals surface area contributed by atoms with Crippen LogP contribution >= 0.6 is 11.6 Å². The van der Waals surface area contributed by atoms with E-state index in [0.717, 1.165) is 42.3 Å². The molecule has 5 heteroatoms. The van der Waals surface area contributed by atoms with Gasteiger partial charge in [0.15, 0.2) is 0 Å². The van der Waals surface area contributed by atoms with Crippen LogP contribution < -0.4 is 5.32 Å². The second-order valence-corrected chi connectivity index (χ2v) is 7.08. The molecule has 1 aliphatic rings. The lowest BCUT2D eigenvalue weighted by atomic mass is 10.0. The number of rotatable bonds is 4. The molecule has 0 radical (unpaired) electrons. The first-order chi connectivity index (χ1) is 12.0. The molecule has 1 heterocycles. The zero-order chi connectivity index (χ0) is 17.8. The number of piperazine rings is 1. The van der Waals surface area contributed by atoms with E-state index in [-0.39, 0.29) is 11.9 Å². The Labute approximate surface area is 154 Å². The van der Waals surface area contributed by atoms with Crippen LogP contribution in [0.1, 0.15) is 27.5 Å². The van der Waals surface area contributed by atoms with Crippen LogP contribution in [-0.4, -0.2) is 49.4 Å². The van der Waals surface area contributed by atoms with Gasteiger partial charge in [0.25, 0.3) is 5.91 Å². The predicted octanol–water partition coefficient (Wildman–Crippen LogP) is 3.19. The smallest absolute Gasteiger partial charge is 0.253 e. The molecule has 1 unspecified atom stereocenters. The monoisotopic (exact) mass is 357 g/mol. The first-order valence-electron chi connectivity index (χ1n) is 8.55. The lowest BCUT2D eigenvalue weighted by Crippen LogP contribution is -2.45. The third-order valence-corrected chi connectivity index (χ3v) is 4.79. The first kappa shape index (κ1) is 17.9. The molecule has 2 aromatic carbocycles. The van der Waals surface area contributed by atoms with Gasteiger partial charge in [0.05, 0.1) is 0 Å². The van der Waals surface area contributed by atoms with Gasteiger partial charge < -0.3 is 10.2 Å². The summed E-state index contributed by atoms with van der Waals surface area (Å²) < 4.78 is 0. The Kier molecular flexibility index (Phi) is 5.74. The van der Waals surface area contributed by atoms with Gasteiger partial charge in [-0.25, -0.2) is 0 Å². The molecule has 1 N–H and O–H groups in total. The van der Waals surface area contributed by atoms with Crippen molar-refractivity contribution in [3.8, 4) is 0 Å². The molecule has 1 amide bonds. The van der Waals surface area contributed by atoms with Crippen LogP contribution in [0.15, 0.2) is 48.5 Å². The van der Waals surface area contributed by atoms with Gasteiger partial charge in [-0.05, 0) is 35.4 Å². The predicted molar refractivity (Wildman–Crippen MR) is 102 cm³/mol. The lowest BCUT2D eigenvalue weighted by Gasteiger charge is -2.36. The fourth-order valence-corrected chi connectivity index (χ4v) is 3.47. The van der Waals surface area contributed by atoms with Crippen LogP contribution in [0.3, 0.4) is 0 Å². The zero-order valence-corrected chi connectivity index (χ0v) is 15.5. The van der Waals surface area contributed by atoms with E-state index in [0.29, 0.717) is 0 Å². The Bertz CT molecular complexity index is 747. The molecule has 0 bridgehead atoms. The summed E-state index contributed by atoms with van der Waals surface area (Å²) in [6.45, 7) is 3.64. The third-order valence-electron chi connectivity index (χ3n) is 4.55. The molecule has 1 aliphatic heterocycles. The summed E-state index contributed by atoms with van der Waals surface area (Å²) in [5, 5.41) is 4.23. The highest BCUT2D eigenvalue weighted by Gasteiger charge is 2.24. The second kappa shape index (κ2) is 8.00. The number of nitrogens with one attached hydrogen (secondary N) is 1. The molecule has 0 saturated carbocycles. The average molecular weight is 358 g/mol. The van der Waals surface area contributed by atoms with Crippen molar-refractivity contribution in [1.29, 1.82) is 0 Å². The maximum Gasteiger partial charge on any atom is 0.253 e. The third kappa shape index (κ3) is 4.40. The summed E-state index contributed by atoms with van der Waals surface area (Å²) in [6, 6.07) is 16.3. The summed E-state index contributed by atoms with van der Waals surface area (Å²) in [5.74, 6) is 0.0357. The van der Waals surface area contributed by atoms with Crippen molar-refractivity contribution in [2.24, 2.45) is 0 Å². The van der Waals surface area contributed by atoms with E-state index >= 15 is 0 Å². The van der Waals surface area contributed by atoms with Gasteiger partial charge in [-0.15, -0.1) is 0 Å². The summed E-state index contributed by atoms with van der Waals surface area (Å²) in [6.07, 6.45) is 0. The molecule has 2 aromatic rings. The Balaban J connectivity index is 1.80. The minimum Gasteiger partial charge on any atom is -0.345 e. The molecule has 25 heavy (non-hydrogen) atoms. The van der Waals surface area contributed by atoms with Gasteiger partial charge in [-0.3, -0.25) is 9.69 Å². The maximum absolute atomic E-state index is 12.2. The van der Waals surface area contributed by atoms with Crippen molar-refractivity contribution < 1.29 is 4.79 Å². The fraction of sp³-hybridized carbons (Fsp3) is 0.350. The average Bonchev–Trinajstić information content (AvgIpc) is 2.61. The Morgan fingerprint density at radius 3 is 2.80 bits per heavy atom. The van der Waals surface area contributed by atoms with Crippen LogP contribution in [0.2, 0.25) is 5.02 Å². The summed E-state index contributed by atoms with van der Waals surface area (Å²) in [4.78, 5) is 16.3. The van der Waals surface area contributed by atoms with Gasteiger partial charge in [0.2, 0.25) is 0 Å². The highest BCUT2D eigenvalue weighted by atomic mass is 35.5. The highest BCUT2D eigenvalue weighted by Crippen LogP contribution is 2.26. The number of halogens is 1. The van der Waals surface area contributed by atoms with Gasteiger partial charge in [-0.2, -0.15) is 0 Å². The maximum atomic E-state index is 12.2. The standard InChI is InChI=1S/C20H24ClN3O/c1-23(2)20(25)17-7-3-5-15(11-17)14-24-10-9-22-13-19(24)16-6-4-8-18(21)12-16/h3-8,11-12,19,22H,9-10,13-14H2,1-2H3. The van der Waals surface area contributed by atoms with Crippen LogP contribution in [0, 0.1) is 0 Å². The molecule has 1 fully saturated rings. The summed E-state index contributed by atoms with van der Waals surface area (Å²) in [5.41, 5.74) is 3.11. The van der Waals surface area contributed by atoms with Crippen LogP contribution in [-0.2, 0) is 6.54 Å². The number of amides is 1. The van der Waals surface area contributed by atoms with Crippen molar-refractivity contribution in [3.05, 3.63) is 70.2 Å². The Morgan fingerprint density at radius 1 is 1.24 bits per heavy atom. The molecule has 1 atom stereocenters. The molecule has 0 spiro atoms. The first-order valence-corrected chi connectivity index (χ1v) is 8.93. The number of nitrogens with zero attached hydrogens (tertiary/aromatic N) is 2. The largest absolute Gasteiger partial charge is 0.345 e. The SMILES string of the molecule is CN(C)C(=O)c1cccc(CN2CCNCC2c2cccc(Cl)c2)c1. The topological polar surface area (TPSA) is 35.6 Å². The number of benzene rings is 2. The minimum absolute atomic E-state index is 0.0357. The van der Waals surface area contributed by atoms with Crippen LogP contribution in [0.4, 0.5) is 0 Å². The van der Waals surface area contributed by atoms with Crippen molar-refractivity contribution in [2.75, 3.05) is 33.7 Å². The Morgan fingerprint density at radius 2 is 2.04 bits per heavy atom. The molecule has 1 saturated heterocycles. The zero-order valence-electron chi connectivity index (χ0n) is 14.7.